The molecule has 1 fully saturated rings. The van der Waals surface area contributed by atoms with Crippen molar-refractivity contribution in [2.24, 2.45) is 0 Å². The second-order valence-electron chi connectivity index (χ2n) is 12.8. The van der Waals surface area contributed by atoms with Crippen molar-refractivity contribution in [3.8, 4) is 17.2 Å². The number of rotatable bonds is 12. The molecule has 1 atom stereocenters. The van der Waals surface area contributed by atoms with Gasteiger partial charge in [-0.15, -0.1) is 0 Å². The van der Waals surface area contributed by atoms with Gasteiger partial charge in [0.25, 0.3) is 11.5 Å². The monoisotopic (exact) mass is 752 g/mol. The fourth-order valence-electron chi connectivity index (χ4n) is 6.14. The van der Waals surface area contributed by atoms with Crippen LogP contribution in [-0.2, 0) is 15.9 Å². The average molecular weight is 753 g/mol. The number of halogens is 6. The summed E-state index contributed by atoms with van der Waals surface area (Å²) in [6, 6.07) is 22.6. The zero-order valence-corrected chi connectivity index (χ0v) is 28.7. The number of nitrogens with zero attached hydrogens (tertiary/aromatic N) is 1. The fourth-order valence-corrected chi connectivity index (χ4v) is 6.14. The Bertz CT molecular complexity index is 1980. The SMILES string of the molecule is CC1(c2ccc3c(c2)OCO3)NC(=O)N(CCCCOc2c(C=Cc3ccccc3)cc(C(O)(C(F)(F)F)C(F)(F)F)cc2C=Cc2ccccc2)C1=O. The van der Waals surface area contributed by atoms with Crippen molar-refractivity contribution in [3.05, 3.63) is 124 Å². The van der Waals surface area contributed by atoms with Crippen LogP contribution in [0.3, 0.4) is 0 Å². The first-order valence-corrected chi connectivity index (χ1v) is 16.8. The Balaban J connectivity index is 1.27. The molecular formula is C40H34F6N2O6. The van der Waals surface area contributed by atoms with E-state index in [1.54, 1.807) is 85.8 Å². The van der Waals surface area contributed by atoms with Crippen molar-refractivity contribution < 1.29 is 55.2 Å². The number of nitrogens with one attached hydrogen (secondary N) is 1. The molecular weight excluding hydrogens is 718 g/mol. The van der Waals surface area contributed by atoms with Crippen LogP contribution in [0.2, 0.25) is 0 Å². The van der Waals surface area contributed by atoms with E-state index in [0.717, 1.165) is 4.90 Å². The molecule has 2 heterocycles. The molecule has 14 heteroatoms. The number of carbonyl (C=O) groups excluding carboxylic acids is 2. The maximum atomic E-state index is 14.1. The predicted molar refractivity (Wildman–Crippen MR) is 188 cm³/mol. The van der Waals surface area contributed by atoms with Crippen LogP contribution in [0.1, 0.15) is 53.1 Å². The van der Waals surface area contributed by atoms with Crippen LogP contribution >= 0.6 is 0 Å². The molecule has 54 heavy (non-hydrogen) atoms. The minimum Gasteiger partial charge on any atom is -0.492 e. The summed E-state index contributed by atoms with van der Waals surface area (Å²) in [5.41, 5.74) is -6.65. The number of unbranched alkanes of at least 4 members (excludes halogenated alkanes) is 1. The number of fused-ring (bicyclic) bond motifs is 1. The van der Waals surface area contributed by atoms with Gasteiger partial charge >= 0.3 is 18.4 Å². The number of carbonyl (C=O) groups is 2. The van der Waals surface area contributed by atoms with Crippen molar-refractivity contribution >= 4 is 36.2 Å². The lowest BCUT2D eigenvalue weighted by Gasteiger charge is -2.33. The van der Waals surface area contributed by atoms with Crippen LogP contribution in [0.15, 0.2) is 91.0 Å². The molecule has 0 saturated carbocycles. The fraction of sp³-hybridized carbons (Fsp3) is 0.250. The standard InChI is InChI=1S/C40H34F6N2O6/c1-37(30-18-19-32-33(24-30)54-25-53-32)35(49)48(36(50)47-37)20-8-9-21-52-34-28(16-14-26-10-4-2-5-11-26)22-31(38(51,39(41,42)43)40(44,45)46)23-29(34)17-15-27-12-6-3-7-13-27/h2-7,10-19,22-24,51H,8-9,20-21,25H2,1H3,(H,47,50). The van der Waals surface area contributed by atoms with Crippen LogP contribution in [0.5, 0.6) is 17.2 Å². The zero-order valence-electron chi connectivity index (χ0n) is 28.7. The highest BCUT2D eigenvalue weighted by molar-refractivity contribution is 6.07. The topological polar surface area (TPSA) is 97.3 Å². The van der Waals surface area contributed by atoms with Crippen LogP contribution in [-0.4, -0.2) is 54.2 Å². The molecule has 2 aliphatic heterocycles. The van der Waals surface area contributed by atoms with Gasteiger partial charge in [0.05, 0.1) is 6.61 Å². The van der Waals surface area contributed by atoms with E-state index in [1.807, 2.05) is 0 Å². The van der Waals surface area contributed by atoms with Gasteiger partial charge in [0.15, 0.2) is 11.5 Å². The number of hydrogen-bond acceptors (Lipinski definition) is 6. The second-order valence-corrected chi connectivity index (χ2v) is 12.8. The van der Waals surface area contributed by atoms with E-state index in [4.69, 9.17) is 14.2 Å². The summed E-state index contributed by atoms with van der Waals surface area (Å²) in [5.74, 6) is 0.415. The van der Waals surface area contributed by atoms with E-state index < -0.39 is 41.0 Å². The number of aliphatic hydroxyl groups is 1. The summed E-state index contributed by atoms with van der Waals surface area (Å²) >= 11 is 0. The van der Waals surface area contributed by atoms with Crippen LogP contribution in [0, 0.1) is 0 Å². The van der Waals surface area contributed by atoms with Crippen molar-refractivity contribution in [1.29, 1.82) is 0 Å². The number of imide groups is 1. The Morgan fingerprint density at radius 1 is 0.778 bits per heavy atom. The highest BCUT2D eigenvalue weighted by atomic mass is 19.4. The minimum absolute atomic E-state index is 0.00115. The molecule has 1 saturated heterocycles. The van der Waals surface area contributed by atoms with Crippen molar-refractivity contribution in [2.75, 3.05) is 19.9 Å². The predicted octanol–water partition coefficient (Wildman–Crippen LogP) is 8.69. The van der Waals surface area contributed by atoms with Crippen LogP contribution in [0.25, 0.3) is 24.3 Å². The van der Waals surface area contributed by atoms with E-state index in [-0.39, 0.29) is 49.7 Å². The summed E-state index contributed by atoms with van der Waals surface area (Å²) in [5, 5.41) is 13.1. The lowest BCUT2D eigenvalue weighted by atomic mass is 9.88. The molecule has 0 radical (unpaired) electrons. The average Bonchev–Trinajstić information content (AvgIpc) is 3.70. The number of alkyl halides is 6. The van der Waals surface area contributed by atoms with E-state index in [1.165, 1.54) is 24.3 Å². The largest absolute Gasteiger partial charge is 0.492 e. The van der Waals surface area contributed by atoms with Crippen molar-refractivity contribution in [1.82, 2.24) is 10.2 Å². The zero-order chi connectivity index (χ0) is 38.7. The molecule has 4 aromatic rings. The van der Waals surface area contributed by atoms with Gasteiger partial charge in [0, 0.05) is 23.2 Å². The van der Waals surface area contributed by atoms with E-state index >= 15 is 0 Å². The first kappa shape index (κ1) is 38.0. The Morgan fingerprint density at radius 2 is 1.33 bits per heavy atom. The Morgan fingerprint density at radius 3 is 1.89 bits per heavy atom. The lowest BCUT2D eigenvalue weighted by Crippen LogP contribution is -2.54. The van der Waals surface area contributed by atoms with Crippen LogP contribution < -0.4 is 19.5 Å². The minimum atomic E-state index is -6.12. The third-order valence-electron chi connectivity index (χ3n) is 9.14. The molecule has 282 valence electrons. The molecule has 0 spiro atoms. The first-order valence-electron chi connectivity index (χ1n) is 16.8. The molecule has 0 aromatic heterocycles. The maximum absolute atomic E-state index is 14.1. The molecule has 2 aliphatic rings. The second kappa shape index (κ2) is 14.9. The molecule has 2 N–H and O–H groups in total. The van der Waals surface area contributed by atoms with Gasteiger partial charge in [-0.2, -0.15) is 26.3 Å². The molecule has 1 unspecified atom stereocenters. The Labute approximate surface area is 306 Å². The molecule has 8 nitrogen and oxygen atoms in total. The molecule has 6 rings (SSSR count). The molecule has 0 aliphatic carbocycles. The number of amides is 3. The van der Waals surface area contributed by atoms with E-state index in [0.29, 0.717) is 40.3 Å². The summed E-state index contributed by atoms with van der Waals surface area (Å²) in [6.07, 6.45) is -6.15. The highest BCUT2D eigenvalue weighted by Crippen LogP contribution is 2.51. The van der Waals surface area contributed by atoms with E-state index in [9.17, 15) is 41.0 Å². The summed E-state index contributed by atoms with van der Waals surface area (Å²) < 4.78 is 102. The van der Waals surface area contributed by atoms with Crippen molar-refractivity contribution in [3.63, 3.8) is 0 Å². The van der Waals surface area contributed by atoms with Gasteiger partial charge in [-0.25, -0.2) is 4.79 Å². The smallest absolute Gasteiger partial charge is 0.430 e. The summed E-state index contributed by atoms with van der Waals surface area (Å²) in [7, 11) is 0. The van der Waals surface area contributed by atoms with Crippen molar-refractivity contribution in [2.45, 2.75) is 43.3 Å². The number of ether oxygens (including phenoxy) is 3. The van der Waals surface area contributed by atoms with E-state index in [2.05, 4.69) is 5.32 Å². The lowest BCUT2D eigenvalue weighted by molar-refractivity contribution is -0.376. The van der Waals surface area contributed by atoms with Crippen LogP contribution in [0.4, 0.5) is 31.1 Å². The molecule has 3 amide bonds. The maximum Gasteiger partial charge on any atom is 0.430 e. The third-order valence-corrected chi connectivity index (χ3v) is 9.14. The summed E-state index contributed by atoms with van der Waals surface area (Å²) in [4.78, 5) is 27.5. The number of hydrogen-bond donors (Lipinski definition) is 2. The highest BCUT2D eigenvalue weighted by Gasteiger charge is 2.71. The van der Waals surface area contributed by atoms with Gasteiger partial charge < -0.3 is 24.6 Å². The molecule has 0 bridgehead atoms. The normalized spacial score (nSPS) is 17.5. The number of urea groups is 1. The van der Waals surface area contributed by atoms with Gasteiger partial charge in [-0.05, 0) is 60.7 Å². The first-order chi connectivity index (χ1) is 25.6. The Kier molecular flexibility index (Phi) is 10.5. The van der Waals surface area contributed by atoms with Gasteiger partial charge in [0.1, 0.15) is 11.3 Å². The van der Waals surface area contributed by atoms with Gasteiger partial charge in [-0.3, -0.25) is 9.69 Å². The molecule has 4 aromatic carbocycles. The number of benzene rings is 4. The van der Waals surface area contributed by atoms with Gasteiger partial charge in [0.2, 0.25) is 6.79 Å². The van der Waals surface area contributed by atoms with Gasteiger partial charge in [-0.1, -0.05) is 91.0 Å². The Hall–Kier alpha value is -5.76. The third kappa shape index (κ3) is 7.51. The summed E-state index contributed by atoms with van der Waals surface area (Å²) in [6.45, 7) is 1.51. The quantitative estimate of drug-likeness (QED) is 0.0651.